The summed E-state index contributed by atoms with van der Waals surface area (Å²) in [4.78, 5) is 13.7. The Morgan fingerprint density at radius 3 is 2.79 bits per heavy atom. The number of pyridine rings is 1. The molecular weight excluding hydrogens is 364 g/mol. The number of nitrogens with zero attached hydrogens (tertiary/aromatic N) is 4. The molecule has 0 spiro atoms. The second-order valence-electron chi connectivity index (χ2n) is 7.16. The van der Waals surface area contributed by atoms with Crippen LogP contribution in [0.2, 0.25) is 0 Å². The molecule has 0 radical (unpaired) electrons. The summed E-state index contributed by atoms with van der Waals surface area (Å²) in [6.45, 7) is 1.49. The van der Waals surface area contributed by atoms with Gasteiger partial charge in [-0.25, -0.2) is 15.0 Å². The van der Waals surface area contributed by atoms with Crippen LogP contribution in [0.25, 0.3) is 16.8 Å². The first kappa shape index (κ1) is 17.6. The van der Waals surface area contributed by atoms with Gasteiger partial charge in [0, 0.05) is 30.2 Å². The van der Waals surface area contributed by atoms with Crippen LogP contribution < -0.4 is 15.8 Å². The molecule has 0 bridgehead atoms. The van der Waals surface area contributed by atoms with E-state index >= 15 is 0 Å². The lowest BCUT2D eigenvalue weighted by Crippen LogP contribution is -2.15. The van der Waals surface area contributed by atoms with Gasteiger partial charge in [0.05, 0.1) is 6.04 Å². The third-order valence-electron chi connectivity index (χ3n) is 5.22. The number of benzene rings is 1. The minimum Gasteiger partial charge on any atom is -0.473 e. The summed E-state index contributed by atoms with van der Waals surface area (Å²) in [5.41, 5.74) is 9.81. The summed E-state index contributed by atoms with van der Waals surface area (Å²) < 4.78 is 7.84. The Labute approximate surface area is 168 Å². The van der Waals surface area contributed by atoms with Crippen molar-refractivity contribution >= 4 is 11.3 Å². The van der Waals surface area contributed by atoms with Crippen LogP contribution in [0.3, 0.4) is 0 Å². The standard InChI is InChI=1S/C22H22N6O/c23-21-20-19(27-22(17-7-4-10-24-17)28(20)12-11-25-21)16-8-9-18(26-13-16)29-14-15-5-2-1-3-6-15/h1-3,5-6,8-9,11-13,17,24H,4,7,10,14H2,(H2,23,25). The van der Waals surface area contributed by atoms with E-state index in [1.54, 1.807) is 12.4 Å². The number of nitrogens with one attached hydrogen (secondary N) is 1. The highest BCUT2D eigenvalue weighted by Crippen LogP contribution is 2.32. The largest absolute Gasteiger partial charge is 0.473 e. The molecule has 1 aliphatic heterocycles. The molecule has 0 aliphatic carbocycles. The number of aromatic nitrogens is 4. The highest BCUT2D eigenvalue weighted by Gasteiger charge is 2.24. The molecular formula is C22H22N6O. The van der Waals surface area contributed by atoms with Crippen LogP contribution >= 0.6 is 0 Å². The zero-order valence-corrected chi connectivity index (χ0v) is 16.0. The zero-order valence-electron chi connectivity index (χ0n) is 16.0. The average molecular weight is 386 g/mol. The maximum Gasteiger partial charge on any atom is 0.213 e. The van der Waals surface area contributed by atoms with Gasteiger partial charge in [-0.3, -0.25) is 4.40 Å². The zero-order chi connectivity index (χ0) is 19.6. The van der Waals surface area contributed by atoms with Crippen molar-refractivity contribution in [1.82, 2.24) is 24.7 Å². The predicted molar refractivity (Wildman–Crippen MR) is 111 cm³/mol. The minimum atomic E-state index is 0.222. The lowest BCUT2D eigenvalue weighted by molar-refractivity contribution is 0.294. The maximum absolute atomic E-state index is 6.21. The van der Waals surface area contributed by atoms with E-state index in [0.29, 0.717) is 18.3 Å². The van der Waals surface area contributed by atoms with Gasteiger partial charge in [-0.2, -0.15) is 0 Å². The molecule has 1 unspecified atom stereocenters. The molecule has 3 aromatic heterocycles. The summed E-state index contributed by atoms with van der Waals surface area (Å²) in [6.07, 6.45) is 7.62. The molecule has 5 rings (SSSR count). The summed E-state index contributed by atoms with van der Waals surface area (Å²) >= 11 is 0. The van der Waals surface area contributed by atoms with E-state index in [1.807, 2.05) is 53.1 Å². The number of nitrogens with two attached hydrogens (primary N) is 1. The van der Waals surface area contributed by atoms with Gasteiger partial charge in [-0.05, 0) is 31.0 Å². The Morgan fingerprint density at radius 2 is 2.03 bits per heavy atom. The molecule has 1 fully saturated rings. The molecule has 1 atom stereocenters. The minimum absolute atomic E-state index is 0.222. The molecule has 29 heavy (non-hydrogen) atoms. The first-order valence-electron chi connectivity index (χ1n) is 9.78. The Hall–Kier alpha value is -3.45. The molecule has 4 aromatic rings. The van der Waals surface area contributed by atoms with Crippen LogP contribution in [0.15, 0.2) is 61.1 Å². The van der Waals surface area contributed by atoms with Gasteiger partial charge in [0.25, 0.3) is 0 Å². The monoisotopic (exact) mass is 386 g/mol. The fourth-order valence-corrected chi connectivity index (χ4v) is 3.78. The third-order valence-corrected chi connectivity index (χ3v) is 5.22. The van der Waals surface area contributed by atoms with Crippen LogP contribution in [-0.4, -0.2) is 25.9 Å². The second kappa shape index (κ2) is 7.52. The summed E-state index contributed by atoms with van der Waals surface area (Å²) in [5, 5.41) is 3.51. The van der Waals surface area contributed by atoms with Gasteiger partial charge in [0.2, 0.25) is 5.88 Å². The smallest absolute Gasteiger partial charge is 0.213 e. The number of fused-ring (bicyclic) bond motifs is 1. The lowest BCUT2D eigenvalue weighted by atomic mass is 10.2. The van der Waals surface area contributed by atoms with Crippen molar-refractivity contribution in [3.8, 4) is 17.1 Å². The Morgan fingerprint density at radius 1 is 1.14 bits per heavy atom. The average Bonchev–Trinajstić information content (AvgIpc) is 3.42. The molecule has 146 valence electrons. The van der Waals surface area contributed by atoms with Crippen molar-refractivity contribution in [2.24, 2.45) is 0 Å². The molecule has 4 heterocycles. The van der Waals surface area contributed by atoms with E-state index in [2.05, 4.69) is 15.3 Å². The van der Waals surface area contributed by atoms with E-state index < -0.39 is 0 Å². The predicted octanol–water partition coefficient (Wildman–Crippen LogP) is 3.38. The number of ether oxygens (including phenoxy) is 1. The number of imidazole rings is 1. The van der Waals surface area contributed by atoms with Crippen molar-refractivity contribution < 1.29 is 4.74 Å². The fraction of sp³-hybridized carbons (Fsp3) is 0.227. The molecule has 1 aliphatic rings. The van der Waals surface area contributed by atoms with Crippen molar-refractivity contribution in [3.05, 3.63) is 72.4 Å². The van der Waals surface area contributed by atoms with Gasteiger partial charge in [0.15, 0.2) is 0 Å². The van der Waals surface area contributed by atoms with E-state index in [9.17, 15) is 0 Å². The van der Waals surface area contributed by atoms with Gasteiger partial charge in [-0.15, -0.1) is 0 Å². The number of hydrogen-bond acceptors (Lipinski definition) is 6. The first-order chi connectivity index (χ1) is 14.3. The first-order valence-corrected chi connectivity index (χ1v) is 9.78. The molecule has 0 amide bonds. The second-order valence-corrected chi connectivity index (χ2v) is 7.16. The molecule has 1 saturated heterocycles. The quantitative estimate of drug-likeness (QED) is 0.546. The highest BCUT2D eigenvalue weighted by atomic mass is 16.5. The molecule has 7 nitrogen and oxygen atoms in total. The Kier molecular flexibility index (Phi) is 4.57. The summed E-state index contributed by atoms with van der Waals surface area (Å²) in [7, 11) is 0. The summed E-state index contributed by atoms with van der Waals surface area (Å²) in [6, 6.07) is 14.1. The van der Waals surface area contributed by atoms with Crippen molar-refractivity contribution in [3.63, 3.8) is 0 Å². The Balaban J connectivity index is 1.46. The number of rotatable bonds is 5. The van der Waals surface area contributed by atoms with Gasteiger partial charge in [0.1, 0.15) is 29.5 Å². The van der Waals surface area contributed by atoms with Gasteiger partial charge < -0.3 is 15.8 Å². The molecule has 7 heteroatoms. The number of hydrogen-bond donors (Lipinski definition) is 2. The van der Waals surface area contributed by atoms with Gasteiger partial charge >= 0.3 is 0 Å². The van der Waals surface area contributed by atoms with Crippen molar-refractivity contribution in [1.29, 1.82) is 0 Å². The van der Waals surface area contributed by atoms with Gasteiger partial charge in [-0.1, -0.05) is 30.3 Å². The number of nitrogen functional groups attached to an aromatic ring is 1. The van der Waals surface area contributed by atoms with Crippen LogP contribution in [-0.2, 0) is 6.61 Å². The maximum atomic E-state index is 6.21. The topological polar surface area (TPSA) is 90.4 Å². The normalized spacial score (nSPS) is 16.3. The van der Waals surface area contributed by atoms with Crippen LogP contribution in [0.1, 0.15) is 30.3 Å². The van der Waals surface area contributed by atoms with Crippen molar-refractivity contribution in [2.45, 2.75) is 25.5 Å². The Bertz CT molecular complexity index is 1120. The van der Waals surface area contributed by atoms with Crippen LogP contribution in [0.5, 0.6) is 5.88 Å². The lowest BCUT2D eigenvalue weighted by Gasteiger charge is -2.08. The molecule has 1 aromatic carbocycles. The van der Waals surface area contributed by atoms with Crippen LogP contribution in [0.4, 0.5) is 5.82 Å². The van der Waals surface area contributed by atoms with E-state index in [0.717, 1.165) is 47.5 Å². The fourth-order valence-electron chi connectivity index (χ4n) is 3.78. The third kappa shape index (κ3) is 3.40. The van der Waals surface area contributed by atoms with E-state index in [4.69, 9.17) is 15.5 Å². The SMILES string of the molecule is Nc1nccn2c(C3CCCN3)nc(-c3ccc(OCc4ccccc4)nc3)c12. The number of anilines is 1. The summed E-state index contributed by atoms with van der Waals surface area (Å²) in [5.74, 6) is 2.00. The highest BCUT2D eigenvalue weighted by molar-refractivity contribution is 5.85. The van der Waals surface area contributed by atoms with Crippen LogP contribution in [0, 0.1) is 0 Å². The van der Waals surface area contributed by atoms with Crippen molar-refractivity contribution in [2.75, 3.05) is 12.3 Å². The molecule has 0 saturated carbocycles. The van der Waals surface area contributed by atoms with E-state index in [-0.39, 0.29) is 6.04 Å². The molecule has 3 N–H and O–H groups in total. The van der Waals surface area contributed by atoms with E-state index in [1.165, 1.54) is 0 Å².